The van der Waals surface area contributed by atoms with E-state index in [0.29, 0.717) is 34.0 Å². The topological polar surface area (TPSA) is 71.0 Å². The molecule has 1 atom stereocenters. The molecule has 142 valence electrons. The summed E-state index contributed by atoms with van der Waals surface area (Å²) in [5, 5.41) is 14.1. The highest BCUT2D eigenvalue weighted by Crippen LogP contribution is 2.42. The molecule has 6 heteroatoms. The second-order valence-corrected chi connectivity index (χ2v) is 6.36. The molecule has 3 aromatic carbocycles. The number of hydrogen-bond donors (Lipinski definition) is 2. The number of carbonyl (C=O) groups excluding carboxylic acids is 1. The minimum Gasteiger partial charge on any atom is -0.504 e. The molecule has 2 N–H and O–H groups in total. The van der Waals surface area contributed by atoms with Gasteiger partial charge in [-0.15, -0.1) is 0 Å². The number of fused-ring (bicyclic) bond motifs is 1. The maximum Gasteiger partial charge on any atom is 0.262 e. The lowest BCUT2D eigenvalue weighted by atomic mass is 10.0. The van der Waals surface area contributed by atoms with Crippen molar-refractivity contribution >= 4 is 17.3 Å². The zero-order chi connectivity index (χ0) is 19.7. The predicted molar refractivity (Wildman–Crippen MR) is 107 cm³/mol. The maximum atomic E-state index is 13.4. The first-order valence-electron chi connectivity index (χ1n) is 8.83. The standard InChI is InChI=1S/C22H20N2O4/c1-27-15-12-10-14(11-13-15)24-21(17-7-5-9-19(28-2)20(17)25)23-18-8-4-3-6-16(18)22(24)26/h3-13,21,23,25H,1-2H3/t21-/m1/s1. The van der Waals surface area contributed by atoms with E-state index in [0.717, 1.165) is 0 Å². The minimum atomic E-state index is -0.606. The van der Waals surface area contributed by atoms with Crippen LogP contribution in [-0.2, 0) is 0 Å². The number of aromatic hydroxyl groups is 1. The first-order valence-corrected chi connectivity index (χ1v) is 8.83. The van der Waals surface area contributed by atoms with Crippen LogP contribution >= 0.6 is 0 Å². The van der Waals surface area contributed by atoms with Crippen LogP contribution in [0.2, 0.25) is 0 Å². The lowest BCUT2D eigenvalue weighted by Crippen LogP contribution is -2.43. The molecule has 1 aliphatic rings. The number of para-hydroxylation sites is 2. The Morgan fingerprint density at radius 1 is 0.929 bits per heavy atom. The van der Waals surface area contributed by atoms with Crippen LogP contribution in [0.15, 0.2) is 66.7 Å². The van der Waals surface area contributed by atoms with Gasteiger partial charge in [-0.1, -0.05) is 24.3 Å². The number of amides is 1. The van der Waals surface area contributed by atoms with Crippen LogP contribution in [0.5, 0.6) is 17.2 Å². The second kappa shape index (κ2) is 7.15. The number of nitrogens with zero attached hydrogens (tertiary/aromatic N) is 1. The van der Waals surface area contributed by atoms with Crippen molar-refractivity contribution in [3.05, 3.63) is 77.9 Å². The Kier molecular flexibility index (Phi) is 4.53. The van der Waals surface area contributed by atoms with Crippen LogP contribution in [-0.4, -0.2) is 25.2 Å². The molecule has 0 saturated heterocycles. The molecule has 1 amide bonds. The van der Waals surface area contributed by atoms with Crippen molar-refractivity contribution < 1.29 is 19.4 Å². The Labute approximate surface area is 162 Å². The van der Waals surface area contributed by atoms with Gasteiger partial charge in [0, 0.05) is 16.9 Å². The van der Waals surface area contributed by atoms with Gasteiger partial charge in [0.05, 0.1) is 19.8 Å². The molecular formula is C22H20N2O4. The van der Waals surface area contributed by atoms with Crippen LogP contribution in [0.1, 0.15) is 22.1 Å². The van der Waals surface area contributed by atoms with Crippen molar-refractivity contribution in [1.82, 2.24) is 0 Å². The second-order valence-electron chi connectivity index (χ2n) is 6.36. The fraction of sp³-hybridized carbons (Fsp3) is 0.136. The zero-order valence-corrected chi connectivity index (χ0v) is 15.5. The summed E-state index contributed by atoms with van der Waals surface area (Å²) >= 11 is 0. The van der Waals surface area contributed by atoms with E-state index in [1.165, 1.54) is 7.11 Å². The smallest absolute Gasteiger partial charge is 0.262 e. The van der Waals surface area contributed by atoms with Gasteiger partial charge in [0.1, 0.15) is 11.9 Å². The van der Waals surface area contributed by atoms with Crippen LogP contribution in [0, 0.1) is 0 Å². The Hall–Kier alpha value is -3.67. The summed E-state index contributed by atoms with van der Waals surface area (Å²) in [4.78, 5) is 15.0. The first-order chi connectivity index (χ1) is 13.6. The normalized spacial score (nSPS) is 15.6. The Balaban J connectivity index is 1.87. The zero-order valence-electron chi connectivity index (χ0n) is 15.5. The summed E-state index contributed by atoms with van der Waals surface area (Å²) in [7, 11) is 3.09. The minimum absolute atomic E-state index is 0.00630. The SMILES string of the molecule is COc1ccc(N2C(=O)c3ccccc3N[C@H]2c2cccc(OC)c2O)cc1. The van der Waals surface area contributed by atoms with Gasteiger partial charge in [0.2, 0.25) is 0 Å². The van der Waals surface area contributed by atoms with Gasteiger partial charge in [-0.2, -0.15) is 0 Å². The largest absolute Gasteiger partial charge is 0.504 e. The van der Waals surface area contributed by atoms with E-state index in [-0.39, 0.29) is 11.7 Å². The van der Waals surface area contributed by atoms with Gasteiger partial charge in [-0.3, -0.25) is 9.69 Å². The number of nitrogens with one attached hydrogen (secondary N) is 1. The lowest BCUT2D eigenvalue weighted by Gasteiger charge is -2.38. The molecule has 4 rings (SSSR count). The van der Waals surface area contributed by atoms with Gasteiger partial charge in [0.15, 0.2) is 11.5 Å². The molecule has 0 unspecified atom stereocenters. The first kappa shape index (κ1) is 17.7. The number of ether oxygens (including phenoxy) is 2. The average Bonchev–Trinajstić information content (AvgIpc) is 2.74. The number of carbonyl (C=O) groups is 1. The van der Waals surface area contributed by atoms with Gasteiger partial charge < -0.3 is 19.9 Å². The molecule has 6 nitrogen and oxygen atoms in total. The van der Waals surface area contributed by atoms with Crippen molar-refractivity contribution in [3.63, 3.8) is 0 Å². The Morgan fingerprint density at radius 2 is 1.68 bits per heavy atom. The molecule has 28 heavy (non-hydrogen) atoms. The molecule has 0 bridgehead atoms. The quantitative estimate of drug-likeness (QED) is 0.715. The van der Waals surface area contributed by atoms with E-state index in [2.05, 4.69) is 5.32 Å². The molecule has 0 radical (unpaired) electrons. The fourth-order valence-electron chi connectivity index (χ4n) is 3.40. The molecule has 0 aliphatic carbocycles. The lowest BCUT2D eigenvalue weighted by molar-refractivity contribution is 0.0974. The number of phenolic OH excluding ortho intramolecular Hbond substituents is 1. The van der Waals surface area contributed by atoms with Gasteiger partial charge in [0.25, 0.3) is 5.91 Å². The average molecular weight is 376 g/mol. The van der Waals surface area contributed by atoms with Crippen molar-refractivity contribution in [2.75, 3.05) is 24.4 Å². The summed E-state index contributed by atoms with van der Waals surface area (Å²) in [6.07, 6.45) is -0.606. The summed E-state index contributed by atoms with van der Waals surface area (Å²) in [5.41, 5.74) is 2.50. The van der Waals surface area contributed by atoms with Gasteiger partial charge in [-0.05, 0) is 42.5 Å². The number of methoxy groups -OCH3 is 2. The monoisotopic (exact) mass is 376 g/mol. The van der Waals surface area contributed by atoms with Crippen LogP contribution < -0.4 is 19.7 Å². The third-order valence-electron chi connectivity index (χ3n) is 4.82. The maximum absolute atomic E-state index is 13.4. The molecular weight excluding hydrogens is 356 g/mol. The molecule has 1 aliphatic heterocycles. The summed E-state index contributed by atoms with van der Waals surface area (Å²) in [6.45, 7) is 0. The van der Waals surface area contributed by atoms with E-state index in [1.807, 2.05) is 30.3 Å². The van der Waals surface area contributed by atoms with Crippen molar-refractivity contribution in [3.8, 4) is 17.2 Å². The van der Waals surface area contributed by atoms with Gasteiger partial charge >= 0.3 is 0 Å². The summed E-state index contributed by atoms with van der Waals surface area (Å²) in [5.74, 6) is 0.877. The number of rotatable bonds is 4. The molecule has 3 aromatic rings. The van der Waals surface area contributed by atoms with Crippen molar-refractivity contribution in [2.24, 2.45) is 0 Å². The molecule has 0 spiro atoms. The molecule has 0 fully saturated rings. The Morgan fingerprint density at radius 3 is 2.39 bits per heavy atom. The highest BCUT2D eigenvalue weighted by Gasteiger charge is 2.35. The number of benzene rings is 3. The van der Waals surface area contributed by atoms with E-state index >= 15 is 0 Å². The van der Waals surface area contributed by atoms with Gasteiger partial charge in [-0.25, -0.2) is 0 Å². The van der Waals surface area contributed by atoms with E-state index in [9.17, 15) is 9.90 Å². The number of anilines is 2. The number of hydrogen-bond acceptors (Lipinski definition) is 5. The molecule has 1 heterocycles. The van der Waals surface area contributed by atoms with Crippen molar-refractivity contribution in [1.29, 1.82) is 0 Å². The summed E-state index contributed by atoms with van der Waals surface area (Å²) in [6, 6.07) is 19.8. The van der Waals surface area contributed by atoms with Crippen molar-refractivity contribution in [2.45, 2.75) is 6.17 Å². The third-order valence-corrected chi connectivity index (χ3v) is 4.82. The third kappa shape index (κ3) is 2.89. The number of phenols is 1. The van der Waals surface area contributed by atoms with E-state index in [1.54, 1.807) is 48.4 Å². The Bertz CT molecular complexity index is 1020. The van der Waals surface area contributed by atoms with Crippen LogP contribution in [0.3, 0.4) is 0 Å². The highest BCUT2D eigenvalue weighted by atomic mass is 16.5. The van der Waals surface area contributed by atoms with E-state index < -0.39 is 6.17 Å². The fourth-order valence-corrected chi connectivity index (χ4v) is 3.40. The summed E-state index contributed by atoms with van der Waals surface area (Å²) < 4.78 is 10.5. The molecule has 0 aromatic heterocycles. The predicted octanol–water partition coefficient (Wildman–Crippen LogP) is 4.18. The van der Waals surface area contributed by atoms with Crippen LogP contribution in [0.4, 0.5) is 11.4 Å². The van der Waals surface area contributed by atoms with E-state index in [4.69, 9.17) is 9.47 Å². The highest BCUT2D eigenvalue weighted by molar-refractivity contribution is 6.12. The molecule has 0 saturated carbocycles. The van der Waals surface area contributed by atoms with Crippen LogP contribution in [0.25, 0.3) is 0 Å².